The van der Waals surface area contributed by atoms with Crippen LogP contribution in [0.3, 0.4) is 0 Å². The zero-order chi connectivity index (χ0) is 13.0. The van der Waals surface area contributed by atoms with E-state index in [0.29, 0.717) is 10.7 Å². The molecule has 0 spiro atoms. The predicted octanol–water partition coefficient (Wildman–Crippen LogP) is 1.65. The van der Waals surface area contributed by atoms with Gasteiger partial charge in [-0.3, -0.25) is 0 Å². The van der Waals surface area contributed by atoms with E-state index in [1.54, 1.807) is 12.1 Å². The van der Waals surface area contributed by atoms with Crippen LogP contribution in [0.15, 0.2) is 18.3 Å². The molecule has 1 aromatic rings. The number of nitrogens with one attached hydrogen (secondary N) is 1. The highest BCUT2D eigenvalue weighted by molar-refractivity contribution is 7.90. The zero-order valence-corrected chi connectivity index (χ0v) is 11.7. The minimum Gasteiger partial charge on any atom is -0.316 e. The fourth-order valence-electron chi connectivity index (χ4n) is 2.23. The van der Waals surface area contributed by atoms with Gasteiger partial charge in [-0.25, -0.2) is 13.4 Å². The van der Waals surface area contributed by atoms with Gasteiger partial charge in [-0.2, -0.15) is 0 Å². The minimum atomic E-state index is -3.07. The summed E-state index contributed by atoms with van der Waals surface area (Å²) in [4.78, 5) is 3.90. The normalized spacial score (nSPS) is 20.8. The number of hydrogen-bond donors (Lipinski definition) is 1. The van der Waals surface area contributed by atoms with Crippen molar-refractivity contribution in [1.29, 1.82) is 0 Å². The Kier molecular flexibility index (Phi) is 4.59. The lowest BCUT2D eigenvalue weighted by Gasteiger charge is -2.22. The molecule has 0 unspecified atom stereocenters. The summed E-state index contributed by atoms with van der Waals surface area (Å²) in [6.07, 6.45) is 3.58. The van der Waals surface area contributed by atoms with E-state index in [1.807, 2.05) is 0 Å². The van der Waals surface area contributed by atoms with Crippen molar-refractivity contribution in [2.75, 3.05) is 18.8 Å². The van der Waals surface area contributed by atoms with Crippen molar-refractivity contribution < 1.29 is 8.42 Å². The van der Waals surface area contributed by atoms with Gasteiger partial charge in [-0.15, -0.1) is 0 Å². The first-order valence-electron chi connectivity index (χ1n) is 6.07. The fraction of sp³-hybridized carbons (Fsp3) is 0.583. The van der Waals surface area contributed by atoms with Crippen molar-refractivity contribution in [3.8, 4) is 0 Å². The summed E-state index contributed by atoms with van der Waals surface area (Å²) in [5.74, 6) is 0.542. The van der Waals surface area contributed by atoms with Gasteiger partial charge in [0.2, 0.25) is 0 Å². The Balaban J connectivity index is 1.96. The van der Waals surface area contributed by atoms with Crippen molar-refractivity contribution in [1.82, 2.24) is 10.3 Å². The average molecular weight is 289 g/mol. The average Bonchev–Trinajstić information content (AvgIpc) is 2.32. The molecular weight excluding hydrogens is 272 g/mol. The summed E-state index contributed by atoms with van der Waals surface area (Å²) in [6.45, 7) is 1.80. The number of pyridine rings is 1. The number of aromatic nitrogens is 1. The molecule has 6 heteroatoms. The van der Waals surface area contributed by atoms with E-state index < -0.39 is 9.84 Å². The van der Waals surface area contributed by atoms with Gasteiger partial charge < -0.3 is 5.32 Å². The molecule has 1 saturated heterocycles. The number of piperidine rings is 1. The Bertz CT molecular complexity index is 481. The Hall–Kier alpha value is -0.650. The van der Waals surface area contributed by atoms with Crippen LogP contribution in [-0.4, -0.2) is 32.2 Å². The van der Waals surface area contributed by atoms with Crippen LogP contribution in [0.25, 0.3) is 0 Å². The first-order chi connectivity index (χ1) is 8.55. The largest absolute Gasteiger partial charge is 0.316 e. The Morgan fingerprint density at radius 3 is 2.89 bits per heavy atom. The Labute approximate surface area is 113 Å². The van der Waals surface area contributed by atoms with Crippen LogP contribution in [0.2, 0.25) is 5.15 Å². The molecule has 100 valence electrons. The van der Waals surface area contributed by atoms with E-state index in [4.69, 9.17) is 11.6 Å². The number of halogens is 1. The maximum Gasteiger partial charge on any atom is 0.154 e. The molecule has 0 aliphatic carbocycles. The quantitative estimate of drug-likeness (QED) is 0.856. The van der Waals surface area contributed by atoms with Gasteiger partial charge in [0.05, 0.1) is 11.5 Å². The second-order valence-corrected chi connectivity index (χ2v) is 7.25. The third-order valence-corrected chi connectivity index (χ3v) is 5.04. The molecule has 1 fully saturated rings. The van der Waals surface area contributed by atoms with Crippen LogP contribution in [-0.2, 0) is 15.6 Å². The molecule has 1 atom stereocenters. The smallest absolute Gasteiger partial charge is 0.154 e. The summed E-state index contributed by atoms with van der Waals surface area (Å²) in [7, 11) is -3.07. The minimum absolute atomic E-state index is 0.0493. The maximum atomic E-state index is 12.1. The molecule has 1 aliphatic rings. The Morgan fingerprint density at radius 2 is 2.28 bits per heavy atom. The van der Waals surface area contributed by atoms with Crippen LogP contribution in [0.4, 0.5) is 0 Å². The van der Waals surface area contributed by atoms with E-state index in [-0.39, 0.29) is 17.4 Å². The van der Waals surface area contributed by atoms with Gasteiger partial charge in [0, 0.05) is 6.20 Å². The van der Waals surface area contributed by atoms with Gasteiger partial charge in [0.15, 0.2) is 9.84 Å². The molecular formula is C12H17ClN2O2S. The highest BCUT2D eigenvalue weighted by Gasteiger charge is 2.21. The molecule has 1 N–H and O–H groups in total. The third kappa shape index (κ3) is 4.23. The van der Waals surface area contributed by atoms with Crippen molar-refractivity contribution in [2.24, 2.45) is 5.92 Å². The van der Waals surface area contributed by atoms with E-state index in [1.165, 1.54) is 6.20 Å². The zero-order valence-electron chi connectivity index (χ0n) is 10.1. The predicted molar refractivity (Wildman–Crippen MR) is 72.3 cm³/mol. The highest BCUT2D eigenvalue weighted by Crippen LogP contribution is 2.16. The van der Waals surface area contributed by atoms with Crippen LogP contribution in [0.5, 0.6) is 0 Å². The number of hydrogen-bond acceptors (Lipinski definition) is 4. The van der Waals surface area contributed by atoms with Crippen LogP contribution >= 0.6 is 11.6 Å². The summed E-state index contributed by atoms with van der Waals surface area (Å²) < 4.78 is 24.1. The molecule has 0 bridgehead atoms. The van der Waals surface area contributed by atoms with Crippen molar-refractivity contribution in [3.05, 3.63) is 29.0 Å². The lowest BCUT2D eigenvalue weighted by molar-refractivity contribution is 0.404. The SMILES string of the molecule is O=S(=O)(Cc1ccc(Cl)nc1)C[C@@H]1CCCNC1. The van der Waals surface area contributed by atoms with E-state index >= 15 is 0 Å². The van der Waals surface area contributed by atoms with Crippen LogP contribution in [0, 0.1) is 5.92 Å². The fourth-order valence-corrected chi connectivity index (χ4v) is 4.14. The van der Waals surface area contributed by atoms with Gasteiger partial charge >= 0.3 is 0 Å². The molecule has 0 saturated carbocycles. The number of sulfone groups is 1. The second-order valence-electron chi connectivity index (χ2n) is 4.76. The van der Waals surface area contributed by atoms with Gasteiger partial charge in [0.25, 0.3) is 0 Å². The molecule has 1 aromatic heterocycles. The third-order valence-electron chi connectivity index (χ3n) is 3.06. The summed E-state index contributed by atoms with van der Waals surface area (Å²) >= 11 is 5.67. The summed E-state index contributed by atoms with van der Waals surface area (Å²) in [5, 5.41) is 3.62. The van der Waals surface area contributed by atoms with Crippen molar-refractivity contribution in [3.63, 3.8) is 0 Å². The maximum absolute atomic E-state index is 12.1. The lowest BCUT2D eigenvalue weighted by atomic mass is 10.0. The summed E-state index contributed by atoms with van der Waals surface area (Å²) in [5.41, 5.74) is 0.697. The standard InChI is InChI=1S/C12H17ClN2O2S/c13-12-4-3-11(7-15-12)9-18(16,17)8-10-2-1-5-14-6-10/h3-4,7,10,14H,1-2,5-6,8-9H2/t10-/m1/s1. The van der Waals surface area contributed by atoms with Crippen molar-refractivity contribution >= 4 is 21.4 Å². The Morgan fingerprint density at radius 1 is 1.44 bits per heavy atom. The van der Waals surface area contributed by atoms with Crippen LogP contribution in [0.1, 0.15) is 18.4 Å². The van der Waals surface area contributed by atoms with Gasteiger partial charge in [0.1, 0.15) is 5.15 Å². The number of rotatable bonds is 4. The molecule has 0 radical (unpaired) electrons. The topological polar surface area (TPSA) is 59.1 Å². The van der Waals surface area contributed by atoms with Gasteiger partial charge in [-0.05, 0) is 43.5 Å². The second kappa shape index (κ2) is 5.99. The van der Waals surface area contributed by atoms with E-state index in [0.717, 1.165) is 25.9 Å². The molecule has 0 aromatic carbocycles. The molecule has 2 rings (SSSR count). The highest BCUT2D eigenvalue weighted by atomic mass is 35.5. The van der Waals surface area contributed by atoms with Crippen LogP contribution < -0.4 is 5.32 Å². The van der Waals surface area contributed by atoms with E-state index in [9.17, 15) is 8.42 Å². The molecule has 18 heavy (non-hydrogen) atoms. The molecule has 2 heterocycles. The first-order valence-corrected chi connectivity index (χ1v) is 8.27. The van der Waals surface area contributed by atoms with E-state index in [2.05, 4.69) is 10.3 Å². The number of nitrogens with zero attached hydrogens (tertiary/aromatic N) is 1. The first kappa shape index (κ1) is 13.8. The molecule has 0 amide bonds. The summed E-state index contributed by atoms with van der Waals surface area (Å²) in [6, 6.07) is 3.33. The molecule has 1 aliphatic heterocycles. The van der Waals surface area contributed by atoms with Crippen molar-refractivity contribution in [2.45, 2.75) is 18.6 Å². The lowest BCUT2D eigenvalue weighted by Crippen LogP contribution is -2.34. The molecule has 4 nitrogen and oxygen atoms in total. The van der Waals surface area contributed by atoms with Gasteiger partial charge in [-0.1, -0.05) is 17.7 Å². The monoisotopic (exact) mass is 288 g/mol.